The van der Waals surface area contributed by atoms with Crippen LogP contribution >= 0.6 is 0 Å². The second-order valence-corrected chi connectivity index (χ2v) is 17.2. The molecule has 3 saturated heterocycles. The van der Waals surface area contributed by atoms with E-state index in [2.05, 4.69) is 0 Å². The van der Waals surface area contributed by atoms with E-state index in [9.17, 15) is 39.0 Å². The molecule has 2 spiro atoms. The lowest BCUT2D eigenvalue weighted by atomic mass is 9.32. The van der Waals surface area contributed by atoms with Crippen LogP contribution in [0.4, 0.5) is 0 Å². The first kappa shape index (κ1) is 38.8. The molecule has 1 aromatic heterocycles. The smallest absolute Gasteiger partial charge is 0.306 e. The molecule has 4 aliphatic carbocycles. The molecule has 7 aliphatic rings. The van der Waals surface area contributed by atoms with Gasteiger partial charge in [-0.3, -0.25) is 28.8 Å². The van der Waals surface area contributed by atoms with E-state index >= 15 is 0 Å². The molecule has 15 unspecified atom stereocenters. The maximum absolute atomic E-state index is 14.5. The van der Waals surface area contributed by atoms with Crippen molar-refractivity contribution in [2.75, 3.05) is 6.61 Å². The predicted molar refractivity (Wildman–Crippen MR) is 181 cm³/mol. The van der Waals surface area contributed by atoms with Gasteiger partial charge in [0, 0.05) is 63.9 Å². The van der Waals surface area contributed by atoms with Gasteiger partial charge in [-0.05, 0) is 24.8 Å². The predicted octanol–water partition coefficient (Wildman–Crippen LogP) is 2.12. The summed E-state index contributed by atoms with van der Waals surface area (Å²) >= 11 is 0. The number of furan rings is 1. The molecule has 0 aromatic carbocycles. The van der Waals surface area contributed by atoms with Crippen LogP contribution in [0.15, 0.2) is 23.0 Å². The summed E-state index contributed by atoms with van der Waals surface area (Å²) in [4.78, 5) is 80.3. The minimum atomic E-state index is -2.72. The summed E-state index contributed by atoms with van der Waals surface area (Å²) in [5.41, 5.74) is -14.8. The Kier molecular flexibility index (Phi) is 8.15. The van der Waals surface area contributed by atoms with Gasteiger partial charge in [0.1, 0.15) is 35.6 Å². The van der Waals surface area contributed by atoms with E-state index in [1.54, 1.807) is 33.8 Å². The minimum Gasteiger partial charge on any atom is -0.472 e. The summed E-state index contributed by atoms with van der Waals surface area (Å²) in [7, 11) is 0. The summed E-state index contributed by atoms with van der Waals surface area (Å²) < 4.78 is 56.6. The van der Waals surface area contributed by atoms with Crippen LogP contribution in [0, 0.1) is 28.1 Å². The molecular formula is C39H48O17. The second-order valence-electron chi connectivity index (χ2n) is 17.2. The summed E-state index contributed by atoms with van der Waals surface area (Å²) in [6, 6.07) is 1.55. The number of carbonyl (C=O) groups excluding carboxylic acids is 6. The third-order valence-corrected chi connectivity index (χ3v) is 14.7. The molecule has 4 saturated carbocycles. The highest BCUT2D eigenvalue weighted by Gasteiger charge is 3.05. The zero-order chi connectivity index (χ0) is 40.8. The first-order valence-corrected chi connectivity index (χ1v) is 19.1. The lowest BCUT2D eigenvalue weighted by molar-refractivity contribution is -0.449. The zero-order valence-electron chi connectivity index (χ0n) is 32.5. The molecule has 56 heavy (non-hydrogen) atoms. The Balaban J connectivity index is 1.55. The van der Waals surface area contributed by atoms with Gasteiger partial charge < -0.3 is 52.5 Å². The molecule has 2 N–H and O–H groups in total. The van der Waals surface area contributed by atoms with E-state index in [0.717, 1.165) is 20.8 Å². The molecule has 4 bridgehead atoms. The number of carbonyl (C=O) groups is 6. The number of cyclic esters (lactones) is 1. The van der Waals surface area contributed by atoms with Gasteiger partial charge in [-0.2, -0.15) is 0 Å². The van der Waals surface area contributed by atoms with Gasteiger partial charge in [-0.25, -0.2) is 0 Å². The van der Waals surface area contributed by atoms with E-state index in [1.165, 1.54) is 19.5 Å². The standard InChI is InChI=1S/C39H48O17/c1-9-25(44)53-28-29(51-19(4)41)39(47)35-17-49-26(45)13-23(35)32(7)16-36(35,46)38(54-21(6)43,30(32)52-20(5)42)31-37(39)24(14-34(10-2,55-31)56-37)33(28,8)27(50-18(3)40)22-11-12-48-15-22/h11-12,15,23-24,27-31,46-47H,9-10,13-14,16-17H2,1-8H3. The Morgan fingerprint density at radius 1 is 0.929 bits per heavy atom. The molecule has 0 amide bonds. The Bertz CT molecular complexity index is 1910. The van der Waals surface area contributed by atoms with Crippen molar-refractivity contribution >= 4 is 35.8 Å². The fraction of sp³-hybridized carbons (Fsp3) is 0.744. The Hall–Kier alpha value is -4.06. The van der Waals surface area contributed by atoms with Crippen LogP contribution in [-0.4, -0.2) is 105 Å². The van der Waals surface area contributed by atoms with Crippen LogP contribution in [0.1, 0.15) is 99.2 Å². The number of aliphatic hydroxyl groups is 2. The van der Waals surface area contributed by atoms with Crippen LogP contribution in [-0.2, 0) is 66.7 Å². The number of ether oxygens (including phenoxy) is 8. The molecular weight excluding hydrogens is 740 g/mol. The maximum Gasteiger partial charge on any atom is 0.306 e. The molecule has 8 rings (SSSR count). The molecule has 4 heterocycles. The largest absolute Gasteiger partial charge is 0.472 e. The fourth-order valence-electron chi connectivity index (χ4n) is 13.3. The van der Waals surface area contributed by atoms with Gasteiger partial charge in [0.05, 0.1) is 23.4 Å². The summed E-state index contributed by atoms with van der Waals surface area (Å²) in [6.45, 7) is 10.5. The van der Waals surface area contributed by atoms with Crippen molar-refractivity contribution in [1.82, 2.24) is 0 Å². The molecule has 7 fully saturated rings. The van der Waals surface area contributed by atoms with Gasteiger partial charge in [-0.15, -0.1) is 0 Å². The second kappa shape index (κ2) is 11.8. The van der Waals surface area contributed by atoms with Crippen molar-refractivity contribution in [1.29, 1.82) is 0 Å². The van der Waals surface area contributed by atoms with Gasteiger partial charge in [-0.1, -0.05) is 27.7 Å². The quantitative estimate of drug-likeness (QED) is 0.270. The number of rotatable bonds is 9. The monoisotopic (exact) mass is 788 g/mol. The van der Waals surface area contributed by atoms with Crippen LogP contribution in [0.5, 0.6) is 0 Å². The van der Waals surface area contributed by atoms with Crippen LogP contribution in [0.25, 0.3) is 0 Å². The average Bonchev–Trinajstić information content (AvgIpc) is 3.92. The zero-order valence-corrected chi connectivity index (χ0v) is 32.5. The van der Waals surface area contributed by atoms with Gasteiger partial charge in [0.15, 0.2) is 24.1 Å². The third-order valence-electron chi connectivity index (χ3n) is 14.7. The molecule has 3 aliphatic heterocycles. The molecule has 1 aromatic rings. The summed E-state index contributed by atoms with van der Waals surface area (Å²) in [6.07, 6.45) is -6.33. The topological polar surface area (TPSA) is 230 Å². The van der Waals surface area contributed by atoms with Crippen molar-refractivity contribution in [2.24, 2.45) is 28.1 Å². The molecule has 17 heteroatoms. The Morgan fingerprint density at radius 3 is 2.20 bits per heavy atom. The highest BCUT2D eigenvalue weighted by atomic mass is 16.8. The van der Waals surface area contributed by atoms with Crippen molar-refractivity contribution in [3.8, 4) is 0 Å². The lowest BCUT2D eigenvalue weighted by Crippen LogP contribution is -2.98. The maximum atomic E-state index is 14.5. The summed E-state index contributed by atoms with van der Waals surface area (Å²) in [5, 5.41) is 28.4. The van der Waals surface area contributed by atoms with Crippen molar-refractivity contribution in [2.45, 2.75) is 146 Å². The van der Waals surface area contributed by atoms with E-state index in [-0.39, 0.29) is 25.7 Å². The summed E-state index contributed by atoms with van der Waals surface area (Å²) in [5.74, 6) is -8.74. The third kappa shape index (κ3) is 4.09. The van der Waals surface area contributed by atoms with Crippen LogP contribution < -0.4 is 0 Å². The van der Waals surface area contributed by atoms with Gasteiger partial charge in [0.25, 0.3) is 0 Å². The number of hydrogen-bond acceptors (Lipinski definition) is 17. The van der Waals surface area contributed by atoms with Crippen molar-refractivity contribution < 1.29 is 81.3 Å². The van der Waals surface area contributed by atoms with Gasteiger partial charge >= 0.3 is 35.8 Å². The van der Waals surface area contributed by atoms with Crippen molar-refractivity contribution in [3.05, 3.63) is 24.2 Å². The first-order valence-electron chi connectivity index (χ1n) is 19.1. The molecule has 0 radical (unpaired) electrons. The average molecular weight is 789 g/mol. The van der Waals surface area contributed by atoms with Crippen molar-refractivity contribution in [3.63, 3.8) is 0 Å². The molecule has 17 nitrogen and oxygen atoms in total. The molecule has 15 atom stereocenters. The van der Waals surface area contributed by atoms with Gasteiger partial charge in [0.2, 0.25) is 5.60 Å². The minimum absolute atomic E-state index is 0.0635. The highest BCUT2D eigenvalue weighted by Crippen LogP contribution is 2.88. The van der Waals surface area contributed by atoms with E-state index in [4.69, 9.17) is 42.3 Å². The highest BCUT2D eigenvalue weighted by molar-refractivity contribution is 5.75. The van der Waals surface area contributed by atoms with E-state index < -0.39 is 136 Å². The van der Waals surface area contributed by atoms with Crippen LogP contribution in [0.2, 0.25) is 0 Å². The van der Waals surface area contributed by atoms with E-state index in [1.807, 2.05) is 0 Å². The SMILES string of the molecule is CCC(=O)OC1C(OC(C)=O)C2(O)C34OC(CC)(CC3C1(C)C(OC(C)=O)c1ccoc1)OC4C1(OC(C)=O)C(OC(C)=O)C3(C)CC1(O)C21COC(=O)CC31. The number of fused-ring (bicyclic) bond motifs is 4. The first-order chi connectivity index (χ1) is 26.2. The Morgan fingerprint density at radius 2 is 1.62 bits per heavy atom. The lowest BCUT2D eigenvalue weighted by Gasteiger charge is -2.77. The molecule has 306 valence electrons. The fourth-order valence-corrected chi connectivity index (χ4v) is 13.3. The Labute approximate surface area is 321 Å². The van der Waals surface area contributed by atoms with Crippen LogP contribution in [0.3, 0.4) is 0 Å². The number of hydrogen-bond donors (Lipinski definition) is 2. The van der Waals surface area contributed by atoms with E-state index in [0.29, 0.717) is 5.56 Å². The number of esters is 6. The normalized spacial score (nSPS) is 47.9.